The maximum atomic E-state index is 12.0. The molecule has 0 aliphatic rings. The number of alkyl halides is 3. The average Bonchev–Trinajstić information content (AvgIpc) is 2.13. The van der Waals surface area contributed by atoms with Gasteiger partial charge in [-0.25, -0.2) is 0 Å². The molecule has 0 fully saturated rings. The quantitative estimate of drug-likeness (QED) is 0.716. The molecular weight excluding hydrogens is 205 g/mol. The molecule has 0 bridgehead atoms. The third kappa shape index (κ3) is 7.62. The first kappa shape index (κ1) is 14.7. The van der Waals surface area contributed by atoms with Crippen LogP contribution in [0.3, 0.4) is 0 Å². The highest BCUT2D eigenvalue weighted by Crippen LogP contribution is 2.20. The Kier molecular flexibility index (Phi) is 6.92. The summed E-state index contributed by atoms with van der Waals surface area (Å²) in [6.45, 7) is 2.86. The van der Waals surface area contributed by atoms with Crippen LogP contribution in [0.15, 0.2) is 0 Å². The van der Waals surface area contributed by atoms with Crippen molar-refractivity contribution in [3.8, 4) is 0 Å². The van der Waals surface area contributed by atoms with E-state index in [1.54, 1.807) is 11.9 Å². The van der Waals surface area contributed by atoms with E-state index in [1.807, 2.05) is 14.0 Å². The van der Waals surface area contributed by atoms with Crippen molar-refractivity contribution in [2.45, 2.75) is 38.4 Å². The van der Waals surface area contributed by atoms with Crippen molar-refractivity contribution in [2.24, 2.45) is 0 Å². The molecule has 0 heterocycles. The molecule has 0 radical (unpaired) electrons. The molecule has 0 spiro atoms. The van der Waals surface area contributed by atoms with E-state index in [2.05, 4.69) is 5.32 Å². The van der Waals surface area contributed by atoms with Crippen LogP contribution in [-0.2, 0) is 0 Å². The van der Waals surface area contributed by atoms with Gasteiger partial charge in [-0.05, 0) is 20.5 Å². The fraction of sp³-hybridized carbons (Fsp3) is 1.00. The van der Waals surface area contributed by atoms with Gasteiger partial charge in [0.2, 0.25) is 0 Å². The Morgan fingerprint density at radius 2 is 1.93 bits per heavy atom. The summed E-state index contributed by atoms with van der Waals surface area (Å²) >= 11 is 0. The van der Waals surface area contributed by atoms with E-state index in [0.717, 1.165) is 19.4 Å². The standard InChI is InChI=1S/C10H21F3N2/c1-4-5-9(8-14-2)15(3)7-6-10(11,12)13/h9,14H,4-8H2,1-3H3. The van der Waals surface area contributed by atoms with Crippen LogP contribution in [0.25, 0.3) is 0 Å². The minimum Gasteiger partial charge on any atom is -0.318 e. The average molecular weight is 226 g/mol. The smallest absolute Gasteiger partial charge is 0.318 e. The van der Waals surface area contributed by atoms with Gasteiger partial charge in [-0.2, -0.15) is 13.2 Å². The van der Waals surface area contributed by atoms with Crippen molar-refractivity contribution < 1.29 is 13.2 Å². The van der Waals surface area contributed by atoms with Gasteiger partial charge in [0.25, 0.3) is 0 Å². The predicted molar refractivity (Wildman–Crippen MR) is 55.9 cm³/mol. The summed E-state index contributed by atoms with van der Waals surface area (Å²) in [7, 11) is 3.57. The molecular formula is C10H21F3N2. The Morgan fingerprint density at radius 3 is 2.33 bits per heavy atom. The molecule has 2 nitrogen and oxygen atoms in total. The second-order valence-electron chi connectivity index (χ2n) is 3.85. The largest absolute Gasteiger partial charge is 0.390 e. The Hall–Kier alpha value is -0.290. The van der Waals surface area contributed by atoms with E-state index < -0.39 is 12.6 Å². The minimum atomic E-state index is -4.05. The molecule has 0 aliphatic carbocycles. The van der Waals surface area contributed by atoms with E-state index in [9.17, 15) is 13.2 Å². The lowest BCUT2D eigenvalue weighted by Crippen LogP contribution is -2.40. The van der Waals surface area contributed by atoms with Gasteiger partial charge < -0.3 is 10.2 Å². The monoisotopic (exact) mass is 226 g/mol. The van der Waals surface area contributed by atoms with Gasteiger partial charge in [-0.1, -0.05) is 13.3 Å². The van der Waals surface area contributed by atoms with Crippen LogP contribution in [0.4, 0.5) is 13.2 Å². The molecule has 0 saturated heterocycles. The van der Waals surface area contributed by atoms with E-state index in [0.29, 0.717) is 0 Å². The molecule has 1 atom stereocenters. The first-order valence-electron chi connectivity index (χ1n) is 5.32. The number of likely N-dealkylation sites (N-methyl/N-ethyl adjacent to an activating group) is 2. The van der Waals surface area contributed by atoms with Crippen molar-refractivity contribution in [2.75, 3.05) is 27.2 Å². The second kappa shape index (κ2) is 7.06. The molecule has 92 valence electrons. The maximum absolute atomic E-state index is 12.0. The van der Waals surface area contributed by atoms with Gasteiger partial charge >= 0.3 is 6.18 Å². The van der Waals surface area contributed by atoms with Crippen LogP contribution in [0, 0.1) is 0 Å². The lowest BCUT2D eigenvalue weighted by molar-refractivity contribution is -0.138. The lowest BCUT2D eigenvalue weighted by Gasteiger charge is -2.28. The van der Waals surface area contributed by atoms with E-state index in [4.69, 9.17) is 0 Å². The molecule has 1 unspecified atom stereocenters. The van der Waals surface area contributed by atoms with Crippen molar-refractivity contribution in [1.29, 1.82) is 0 Å². The fourth-order valence-electron chi connectivity index (χ4n) is 1.53. The summed E-state index contributed by atoms with van der Waals surface area (Å²) in [6, 6.07) is 0.197. The molecule has 0 amide bonds. The van der Waals surface area contributed by atoms with Gasteiger partial charge in [0.05, 0.1) is 6.42 Å². The second-order valence-corrected chi connectivity index (χ2v) is 3.85. The minimum absolute atomic E-state index is 0.0792. The summed E-state index contributed by atoms with van der Waals surface area (Å²) in [6.07, 6.45) is -2.87. The summed E-state index contributed by atoms with van der Waals surface area (Å²) in [4.78, 5) is 1.79. The third-order valence-corrected chi connectivity index (χ3v) is 2.43. The zero-order valence-corrected chi connectivity index (χ0v) is 9.69. The number of hydrogen-bond acceptors (Lipinski definition) is 2. The molecule has 15 heavy (non-hydrogen) atoms. The molecule has 0 aliphatic heterocycles. The first-order chi connectivity index (χ1) is 6.90. The Bertz CT molecular complexity index is 153. The van der Waals surface area contributed by atoms with Crippen LogP contribution in [0.2, 0.25) is 0 Å². The highest BCUT2D eigenvalue weighted by atomic mass is 19.4. The van der Waals surface area contributed by atoms with Crippen LogP contribution < -0.4 is 5.32 Å². The van der Waals surface area contributed by atoms with Crippen LogP contribution >= 0.6 is 0 Å². The fourth-order valence-corrected chi connectivity index (χ4v) is 1.53. The zero-order chi connectivity index (χ0) is 11.9. The molecule has 5 heteroatoms. The van der Waals surface area contributed by atoms with Gasteiger partial charge in [-0.15, -0.1) is 0 Å². The molecule has 0 aromatic heterocycles. The number of rotatable bonds is 7. The Labute approximate surface area is 89.8 Å². The molecule has 1 N–H and O–H groups in total. The highest BCUT2D eigenvalue weighted by molar-refractivity contribution is 4.71. The van der Waals surface area contributed by atoms with Crippen LogP contribution in [0.5, 0.6) is 0 Å². The topological polar surface area (TPSA) is 15.3 Å². The zero-order valence-electron chi connectivity index (χ0n) is 9.69. The van der Waals surface area contributed by atoms with Gasteiger partial charge in [0.1, 0.15) is 0 Å². The van der Waals surface area contributed by atoms with Crippen molar-refractivity contribution in [3.63, 3.8) is 0 Å². The van der Waals surface area contributed by atoms with E-state index >= 15 is 0 Å². The third-order valence-electron chi connectivity index (χ3n) is 2.43. The van der Waals surface area contributed by atoms with Crippen LogP contribution in [0.1, 0.15) is 26.2 Å². The van der Waals surface area contributed by atoms with Gasteiger partial charge in [-0.3, -0.25) is 0 Å². The SMILES string of the molecule is CCCC(CNC)N(C)CCC(F)(F)F. The number of nitrogens with zero attached hydrogens (tertiary/aromatic N) is 1. The number of halogens is 3. The first-order valence-corrected chi connectivity index (χ1v) is 5.32. The van der Waals surface area contributed by atoms with E-state index in [-0.39, 0.29) is 12.6 Å². The summed E-state index contributed by atoms with van der Waals surface area (Å²) in [5.74, 6) is 0. The molecule has 0 saturated carbocycles. The number of hydrogen-bond donors (Lipinski definition) is 1. The van der Waals surface area contributed by atoms with Crippen LogP contribution in [-0.4, -0.2) is 44.3 Å². The van der Waals surface area contributed by atoms with Crippen molar-refractivity contribution in [1.82, 2.24) is 10.2 Å². The molecule has 0 aromatic carbocycles. The lowest BCUT2D eigenvalue weighted by atomic mass is 10.1. The van der Waals surface area contributed by atoms with Gasteiger partial charge in [0.15, 0.2) is 0 Å². The van der Waals surface area contributed by atoms with Gasteiger partial charge in [0, 0.05) is 19.1 Å². The Balaban J connectivity index is 3.96. The Morgan fingerprint density at radius 1 is 1.33 bits per heavy atom. The van der Waals surface area contributed by atoms with Crippen molar-refractivity contribution >= 4 is 0 Å². The predicted octanol–water partition coefficient (Wildman–Crippen LogP) is 2.26. The van der Waals surface area contributed by atoms with E-state index in [1.165, 1.54) is 0 Å². The summed E-state index contributed by atoms with van der Waals surface area (Å²) < 4.78 is 36.0. The number of nitrogens with one attached hydrogen (secondary N) is 1. The normalized spacial score (nSPS) is 14.6. The summed E-state index contributed by atoms with van der Waals surface area (Å²) in [5.41, 5.74) is 0. The molecule has 0 rings (SSSR count). The highest BCUT2D eigenvalue weighted by Gasteiger charge is 2.28. The van der Waals surface area contributed by atoms with Crippen molar-refractivity contribution in [3.05, 3.63) is 0 Å². The molecule has 0 aromatic rings. The maximum Gasteiger partial charge on any atom is 0.390 e. The summed E-state index contributed by atoms with van der Waals surface area (Å²) in [5, 5.41) is 3.01.